The molecule has 1 saturated heterocycles. The van der Waals surface area contributed by atoms with Crippen molar-refractivity contribution < 1.29 is 19.1 Å². The molecule has 0 radical (unpaired) electrons. The Balaban J connectivity index is 1.83. The van der Waals surface area contributed by atoms with Gasteiger partial charge in [0, 0.05) is 19.3 Å². The van der Waals surface area contributed by atoms with E-state index < -0.39 is 5.97 Å². The average molecular weight is 330 g/mol. The maximum atomic E-state index is 11.7. The SMILES string of the molecule is CCOC(=O)c1nnc(SCCN2C(=O)CN(C)C2=O)s1. The number of likely N-dealkylation sites (N-methyl/N-ethyl adjacent to an activating group) is 1. The van der Waals surface area contributed by atoms with E-state index in [4.69, 9.17) is 4.74 Å². The molecule has 0 atom stereocenters. The Bertz CT molecular complexity index is 562. The van der Waals surface area contributed by atoms with Crippen molar-refractivity contribution in [1.29, 1.82) is 0 Å². The van der Waals surface area contributed by atoms with Crippen molar-refractivity contribution in [2.75, 3.05) is 32.5 Å². The van der Waals surface area contributed by atoms with E-state index in [9.17, 15) is 14.4 Å². The molecule has 10 heteroatoms. The summed E-state index contributed by atoms with van der Waals surface area (Å²) < 4.78 is 5.43. The Morgan fingerprint density at radius 2 is 2.19 bits per heavy atom. The Labute approximate surface area is 129 Å². The van der Waals surface area contributed by atoms with E-state index in [-0.39, 0.29) is 30.1 Å². The second-order valence-corrected chi connectivity index (χ2v) is 6.45. The molecule has 0 aromatic carbocycles. The highest BCUT2D eigenvalue weighted by molar-refractivity contribution is 8.01. The lowest BCUT2D eigenvalue weighted by molar-refractivity contribution is -0.125. The van der Waals surface area contributed by atoms with Crippen LogP contribution in [0.25, 0.3) is 0 Å². The lowest BCUT2D eigenvalue weighted by Crippen LogP contribution is -2.33. The number of esters is 1. The first-order valence-electron chi connectivity index (χ1n) is 6.21. The summed E-state index contributed by atoms with van der Waals surface area (Å²) in [7, 11) is 1.59. The number of imide groups is 1. The topological polar surface area (TPSA) is 92.7 Å². The Kier molecular flexibility index (Phi) is 5.12. The molecular formula is C11H14N4O4S2. The van der Waals surface area contributed by atoms with Crippen LogP contribution in [-0.4, -0.2) is 70.4 Å². The summed E-state index contributed by atoms with van der Waals surface area (Å²) in [6.07, 6.45) is 0. The summed E-state index contributed by atoms with van der Waals surface area (Å²) >= 11 is 2.47. The third-order valence-corrected chi connectivity index (χ3v) is 4.64. The van der Waals surface area contributed by atoms with Gasteiger partial charge in [0.2, 0.25) is 10.9 Å². The molecule has 8 nitrogen and oxygen atoms in total. The third kappa shape index (κ3) is 3.70. The summed E-state index contributed by atoms with van der Waals surface area (Å²) in [5.41, 5.74) is 0. The number of urea groups is 1. The molecule has 21 heavy (non-hydrogen) atoms. The summed E-state index contributed by atoms with van der Waals surface area (Å²) in [6.45, 7) is 2.43. The van der Waals surface area contributed by atoms with Crippen LogP contribution in [-0.2, 0) is 9.53 Å². The molecule has 3 amide bonds. The molecule has 1 aliphatic rings. The molecule has 2 rings (SSSR count). The maximum Gasteiger partial charge on any atom is 0.369 e. The average Bonchev–Trinajstić information content (AvgIpc) is 3.00. The standard InChI is InChI=1S/C11H14N4O4S2/c1-3-19-9(17)8-12-13-10(21-8)20-5-4-15-7(16)6-14(2)11(15)18/h3-6H2,1-2H3. The first-order chi connectivity index (χ1) is 10.0. The van der Waals surface area contributed by atoms with Crippen LogP contribution in [0.15, 0.2) is 4.34 Å². The molecule has 0 aliphatic carbocycles. The smallest absolute Gasteiger partial charge is 0.369 e. The van der Waals surface area contributed by atoms with Gasteiger partial charge in [-0.2, -0.15) is 0 Å². The molecule has 0 N–H and O–H groups in total. The zero-order valence-electron chi connectivity index (χ0n) is 11.6. The number of thioether (sulfide) groups is 1. The van der Waals surface area contributed by atoms with Gasteiger partial charge < -0.3 is 9.64 Å². The van der Waals surface area contributed by atoms with E-state index in [1.165, 1.54) is 21.6 Å². The minimum Gasteiger partial charge on any atom is -0.461 e. The van der Waals surface area contributed by atoms with E-state index in [1.54, 1.807) is 14.0 Å². The van der Waals surface area contributed by atoms with Crippen molar-refractivity contribution in [3.05, 3.63) is 5.01 Å². The van der Waals surface area contributed by atoms with Gasteiger partial charge >= 0.3 is 12.0 Å². The van der Waals surface area contributed by atoms with Gasteiger partial charge in [-0.1, -0.05) is 23.1 Å². The van der Waals surface area contributed by atoms with Crippen LogP contribution in [0.2, 0.25) is 0 Å². The quantitative estimate of drug-likeness (QED) is 0.430. The molecule has 1 aromatic heterocycles. The third-order valence-electron chi connectivity index (χ3n) is 2.63. The van der Waals surface area contributed by atoms with E-state index in [2.05, 4.69) is 10.2 Å². The molecule has 0 saturated carbocycles. The van der Waals surface area contributed by atoms with Gasteiger partial charge in [0.25, 0.3) is 0 Å². The van der Waals surface area contributed by atoms with Crippen molar-refractivity contribution in [2.45, 2.75) is 11.3 Å². The summed E-state index contributed by atoms with van der Waals surface area (Å²) in [4.78, 5) is 37.2. The fourth-order valence-electron chi connectivity index (χ4n) is 1.66. The van der Waals surface area contributed by atoms with Crippen LogP contribution >= 0.6 is 23.1 Å². The molecule has 0 bridgehead atoms. The highest BCUT2D eigenvalue weighted by Crippen LogP contribution is 2.23. The van der Waals surface area contributed by atoms with Gasteiger partial charge in [-0.15, -0.1) is 10.2 Å². The number of carbonyl (C=O) groups is 3. The van der Waals surface area contributed by atoms with Crippen molar-refractivity contribution >= 4 is 41.0 Å². The van der Waals surface area contributed by atoms with Crippen LogP contribution in [0.3, 0.4) is 0 Å². The number of hydrogen-bond acceptors (Lipinski definition) is 8. The van der Waals surface area contributed by atoms with Crippen LogP contribution in [0.1, 0.15) is 16.7 Å². The number of rotatable bonds is 6. The number of ether oxygens (including phenoxy) is 1. The predicted octanol–water partition coefficient (Wildman–Crippen LogP) is 0.701. The molecule has 2 heterocycles. The van der Waals surface area contributed by atoms with Crippen LogP contribution in [0.5, 0.6) is 0 Å². The van der Waals surface area contributed by atoms with Gasteiger partial charge in [0.1, 0.15) is 6.54 Å². The van der Waals surface area contributed by atoms with Crippen LogP contribution in [0.4, 0.5) is 4.79 Å². The number of aromatic nitrogens is 2. The van der Waals surface area contributed by atoms with Gasteiger partial charge in [0.05, 0.1) is 6.61 Å². The van der Waals surface area contributed by atoms with Crippen molar-refractivity contribution in [2.24, 2.45) is 0 Å². The van der Waals surface area contributed by atoms with Crippen molar-refractivity contribution in [1.82, 2.24) is 20.0 Å². The maximum absolute atomic E-state index is 11.7. The molecular weight excluding hydrogens is 316 g/mol. The van der Waals surface area contributed by atoms with E-state index >= 15 is 0 Å². The second kappa shape index (κ2) is 6.85. The van der Waals surface area contributed by atoms with Crippen LogP contribution < -0.4 is 0 Å². The number of nitrogens with zero attached hydrogens (tertiary/aromatic N) is 4. The highest BCUT2D eigenvalue weighted by atomic mass is 32.2. The highest BCUT2D eigenvalue weighted by Gasteiger charge is 2.32. The minimum atomic E-state index is -0.492. The van der Waals surface area contributed by atoms with Gasteiger partial charge in [-0.25, -0.2) is 9.59 Å². The molecule has 1 fully saturated rings. The second-order valence-electron chi connectivity index (χ2n) is 4.13. The van der Waals surface area contributed by atoms with E-state index in [0.29, 0.717) is 16.6 Å². The zero-order valence-corrected chi connectivity index (χ0v) is 13.2. The molecule has 0 spiro atoms. The zero-order chi connectivity index (χ0) is 15.4. The fraction of sp³-hybridized carbons (Fsp3) is 0.545. The van der Waals surface area contributed by atoms with Gasteiger partial charge in [-0.05, 0) is 6.92 Å². The van der Waals surface area contributed by atoms with E-state index in [0.717, 1.165) is 11.3 Å². The minimum absolute atomic E-state index is 0.120. The summed E-state index contributed by atoms with van der Waals surface area (Å²) in [6, 6.07) is -0.287. The van der Waals surface area contributed by atoms with Gasteiger partial charge in [-0.3, -0.25) is 9.69 Å². The Hall–Kier alpha value is -1.68. The Morgan fingerprint density at radius 1 is 1.43 bits per heavy atom. The number of carbonyl (C=O) groups excluding carboxylic acids is 3. The molecule has 1 aliphatic heterocycles. The number of amides is 3. The van der Waals surface area contributed by atoms with Crippen molar-refractivity contribution in [3.8, 4) is 0 Å². The largest absolute Gasteiger partial charge is 0.461 e. The lowest BCUT2D eigenvalue weighted by Gasteiger charge is -2.12. The van der Waals surface area contributed by atoms with Crippen molar-refractivity contribution in [3.63, 3.8) is 0 Å². The summed E-state index contributed by atoms with van der Waals surface area (Å²) in [5.74, 6) is -0.191. The number of hydrogen-bond donors (Lipinski definition) is 0. The summed E-state index contributed by atoms with van der Waals surface area (Å²) in [5, 5.41) is 7.81. The molecule has 114 valence electrons. The molecule has 1 aromatic rings. The first kappa shape index (κ1) is 15.7. The first-order valence-corrected chi connectivity index (χ1v) is 8.02. The van der Waals surface area contributed by atoms with Crippen LogP contribution in [0, 0.1) is 0 Å². The monoisotopic (exact) mass is 330 g/mol. The van der Waals surface area contributed by atoms with E-state index in [1.807, 2.05) is 0 Å². The lowest BCUT2D eigenvalue weighted by atomic mass is 10.5. The molecule has 0 unspecified atom stereocenters. The van der Waals surface area contributed by atoms with Gasteiger partial charge in [0.15, 0.2) is 4.34 Å². The Morgan fingerprint density at radius 3 is 2.81 bits per heavy atom. The predicted molar refractivity (Wildman–Crippen MR) is 76.3 cm³/mol. The fourth-order valence-corrected chi connectivity index (χ4v) is 3.40. The normalized spacial score (nSPS) is 15.0.